The Labute approximate surface area is 109 Å². The molecule has 0 bridgehead atoms. The second-order valence-corrected chi connectivity index (χ2v) is 6.35. The van der Waals surface area contributed by atoms with Crippen LogP contribution in [-0.2, 0) is 0 Å². The molecule has 1 N–H and O–H groups in total. The first-order valence-corrected chi connectivity index (χ1v) is 7.27. The monoisotopic (exact) mass is 242 g/mol. The zero-order valence-electron chi connectivity index (χ0n) is 13.1. The van der Waals surface area contributed by atoms with Crippen LogP contribution >= 0.6 is 0 Å². The zero-order valence-corrected chi connectivity index (χ0v) is 13.1. The predicted octanol–water partition coefficient (Wildman–Crippen LogP) is 3.52. The summed E-state index contributed by atoms with van der Waals surface area (Å²) >= 11 is 0. The van der Waals surface area contributed by atoms with Gasteiger partial charge in [-0.3, -0.25) is 4.90 Å². The Balaban J connectivity index is 4.36. The van der Waals surface area contributed by atoms with E-state index >= 15 is 0 Å². The Kier molecular flexibility index (Phi) is 8.06. The first-order chi connectivity index (χ1) is 7.84. The lowest BCUT2D eigenvalue weighted by molar-refractivity contribution is 0.0915. The molecular weight excluding hydrogens is 208 g/mol. The van der Waals surface area contributed by atoms with Crippen LogP contribution in [0.5, 0.6) is 0 Å². The average molecular weight is 242 g/mol. The largest absolute Gasteiger partial charge is 0.315 e. The van der Waals surface area contributed by atoms with Crippen molar-refractivity contribution in [3.63, 3.8) is 0 Å². The summed E-state index contributed by atoms with van der Waals surface area (Å²) in [7, 11) is 2.28. The fourth-order valence-corrected chi connectivity index (χ4v) is 2.16. The van der Waals surface area contributed by atoms with E-state index in [1.807, 2.05) is 0 Å². The van der Waals surface area contributed by atoms with E-state index in [9.17, 15) is 0 Å². The van der Waals surface area contributed by atoms with Gasteiger partial charge in [0.15, 0.2) is 0 Å². The number of nitrogens with zero attached hydrogens (tertiary/aromatic N) is 1. The third-order valence-electron chi connectivity index (χ3n) is 3.87. The molecule has 0 saturated carbocycles. The van der Waals surface area contributed by atoms with E-state index in [0.717, 1.165) is 13.1 Å². The molecule has 0 amide bonds. The molecule has 17 heavy (non-hydrogen) atoms. The molecule has 2 nitrogen and oxygen atoms in total. The van der Waals surface area contributed by atoms with Gasteiger partial charge >= 0.3 is 0 Å². The summed E-state index contributed by atoms with van der Waals surface area (Å²) in [5.41, 5.74) is 0.353. The summed E-state index contributed by atoms with van der Waals surface area (Å²) in [4.78, 5) is 2.56. The van der Waals surface area contributed by atoms with Gasteiger partial charge in [-0.15, -0.1) is 0 Å². The summed E-state index contributed by atoms with van der Waals surface area (Å²) in [5.74, 6) is 0. The molecule has 0 aliphatic carbocycles. The normalized spacial score (nSPS) is 16.2. The first kappa shape index (κ1) is 16.9. The van der Waals surface area contributed by atoms with E-state index in [1.165, 1.54) is 19.3 Å². The molecule has 0 aliphatic rings. The first-order valence-electron chi connectivity index (χ1n) is 7.27. The minimum atomic E-state index is 0.353. The Bertz CT molecular complexity index is 184. The van der Waals surface area contributed by atoms with Gasteiger partial charge in [-0.05, 0) is 38.8 Å². The van der Waals surface area contributed by atoms with Crippen LogP contribution in [0.3, 0.4) is 0 Å². The molecule has 0 fully saturated rings. The van der Waals surface area contributed by atoms with Crippen LogP contribution in [0, 0.1) is 5.41 Å². The molecule has 2 unspecified atom stereocenters. The molecule has 0 heterocycles. The van der Waals surface area contributed by atoms with Gasteiger partial charge in [-0.2, -0.15) is 0 Å². The Morgan fingerprint density at radius 1 is 1.12 bits per heavy atom. The lowest BCUT2D eigenvalue weighted by Crippen LogP contribution is -2.49. The molecule has 0 rings (SSSR count). The van der Waals surface area contributed by atoms with Gasteiger partial charge in [0.2, 0.25) is 0 Å². The third kappa shape index (κ3) is 6.42. The number of nitrogens with one attached hydrogen (secondary N) is 1. The topological polar surface area (TPSA) is 15.3 Å². The van der Waals surface area contributed by atoms with Crippen LogP contribution in [-0.4, -0.2) is 37.1 Å². The van der Waals surface area contributed by atoms with Crippen molar-refractivity contribution in [2.45, 2.75) is 72.9 Å². The number of hydrogen-bond acceptors (Lipinski definition) is 2. The van der Waals surface area contributed by atoms with Crippen LogP contribution < -0.4 is 5.32 Å². The quantitative estimate of drug-likeness (QED) is 0.655. The maximum Gasteiger partial charge on any atom is 0.0220 e. The van der Waals surface area contributed by atoms with Crippen LogP contribution in [0.4, 0.5) is 0 Å². The highest BCUT2D eigenvalue weighted by molar-refractivity contribution is 4.83. The van der Waals surface area contributed by atoms with Crippen molar-refractivity contribution in [3.05, 3.63) is 0 Å². The van der Waals surface area contributed by atoms with Crippen molar-refractivity contribution in [1.29, 1.82) is 0 Å². The highest BCUT2D eigenvalue weighted by Gasteiger charge is 2.27. The highest BCUT2D eigenvalue weighted by Crippen LogP contribution is 2.25. The number of likely N-dealkylation sites (N-methyl/N-ethyl adjacent to an activating group) is 1. The van der Waals surface area contributed by atoms with Crippen LogP contribution in [0.25, 0.3) is 0 Å². The fourth-order valence-electron chi connectivity index (χ4n) is 2.16. The number of rotatable bonds is 8. The van der Waals surface area contributed by atoms with E-state index in [2.05, 4.69) is 58.8 Å². The van der Waals surface area contributed by atoms with Crippen molar-refractivity contribution < 1.29 is 0 Å². The lowest BCUT2D eigenvalue weighted by Gasteiger charge is -2.40. The van der Waals surface area contributed by atoms with Crippen LogP contribution in [0.15, 0.2) is 0 Å². The molecule has 2 heteroatoms. The molecule has 0 spiro atoms. The van der Waals surface area contributed by atoms with Gasteiger partial charge < -0.3 is 5.32 Å². The minimum absolute atomic E-state index is 0.353. The maximum atomic E-state index is 3.57. The second kappa shape index (κ2) is 8.10. The summed E-state index contributed by atoms with van der Waals surface area (Å²) in [5, 5.41) is 3.57. The van der Waals surface area contributed by atoms with Crippen LogP contribution in [0.2, 0.25) is 0 Å². The lowest BCUT2D eigenvalue weighted by atomic mass is 9.86. The molecular formula is C15H34N2. The molecule has 104 valence electrons. The Morgan fingerprint density at radius 3 is 2.12 bits per heavy atom. The SMILES string of the molecule is CCCNCC(CCC)N(C)C(C)C(C)(C)C. The van der Waals surface area contributed by atoms with Crippen molar-refractivity contribution in [3.8, 4) is 0 Å². The average Bonchev–Trinajstić information content (AvgIpc) is 2.25. The molecule has 0 saturated heterocycles. The van der Waals surface area contributed by atoms with Crippen molar-refractivity contribution >= 4 is 0 Å². The summed E-state index contributed by atoms with van der Waals surface area (Å²) in [6.45, 7) is 16.1. The van der Waals surface area contributed by atoms with Gasteiger partial charge in [0, 0.05) is 18.6 Å². The molecule has 0 aliphatic heterocycles. The maximum absolute atomic E-state index is 3.57. The fraction of sp³-hybridized carbons (Fsp3) is 1.00. The van der Waals surface area contributed by atoms with Crippen molar-refractivity contribution in [2.75, 3.05) is 20.1 Å². The Morgan fingerprint density at radius 2 is 1.71 bits per heavy atom. The number of hydrogen-bond donors (Lipinski definition) is 1. The smallest absolute Gasteiger partial charge is 0.0220 e. The molecule has 0 aromatic rings. The van der Waals surface area contributed by atoms with Gasteiger partial charge in [0.25, 0.3) is 0 Å². The van der Waals surface area contributed by atoms with Crippen molar-refractivity contribution in [2.24, 2.45) is 5.41 Å². The predicted molar refractivity (Wildman–Crippen MR) is 78.5 cm³/mol. The summed E-state index contributed by atoms with van der Waals surface area (Å²) < 4.78 is 0. The minimum Gasteiger partial charge on any atom is -0.315 e. The zero-order chi connectivity index (χ0) is 13.5. The van der Waals surface area contributed by atoms with Crippen LogP contribution in [0.1, 0.15) is 60.8 Å². The summed E-state index contributed by atoms with van der Waals surface area (Å²) in [6, 6.07) is 1.28. The highest BCUT2D eigenvalue weighted by atomic mass is 15.2. The van der Waals surface area contributed by atoms with E-state index in [4.69, 9.17) is 0 Å². The van der Waals surface area contributed by atoms with Gasteiger partial charge in [-0.1, -0.05) is 41.0 Å². The van der Waals surface area contributed by atoms with Gasteiger partial charge in [0.05, 0.1) is 0 Å². The molecule has 0 aromatic carbocycles. The van der Waals surface area contributed by atoms with Gasteiger partial charge in [0.1, 0.15) is 0 Å². The molecule has 0 aromatic heterocycles. The standard InChI is InChI=1S/C15H34N2/c1-8-10-14(12-16-11-9-2)17(7)13(3)15(4,5)6/h13-14,16H,8-12H2,1-7H3. The Hall–Kier alpha value is -0.0800. The summed E-state index contributed by atoms with van der Waals surface area (Å²) in [6.07, 6.45) is 3.77. The molecule has 0 radical (unpaired) electrons. The van der Waals surface area contributed by atoms with E-state index in [0.29, 0.717) is 17.5 Å². The second-order valence-electron chi connectivity index (χ2n) is 6.35. The van der Waals surface area contributed by atoms with E-state index < -0.39 is 0 Å². The van der Waals surface area contributed by atoms with E-state index in [1.54, 1.807) is 0 Å². The van der Waals surface area contributed by atoms with Gasteiger partial charge in [-0.25, -0.2) is 0 Å². The third-order valence-corrected chi connectivity index (χ3v) is 3.87. The van der Waals surface area contributed by atoms with E-state index in [-0.39, 0.29) is 0 Å². The van der Waals surface area contributed by atoms with Crippen molar-refractivity contribution in [1.82, 2.24) is 10.2 Å². The molecule has 2 atom stereocenters.